The highest BCUT2D eigenvalue weighted by Crippen LogP contribution is 2.46. The van der Waals surface area contributed by atoms with Crippen LogP contribution in [0, 0.1) is 11.3 Å². The van der Waals surface area contributed by atoms with Gasteiger partial charge in [-0.15, -0.1) is 0 Å². The molecule has 47 heavy (non-hydrogen) atoms. The molecular weight excluding hydrogens is 599 g/mol. The first kappa shape index (κ1) is 34.4. The van der Waals surface area contributed by atoms with Crippen molar-refractivity contribution in [2.45, 2.75) is 71.6 Å². The summed E-state index contributed by atoms with van der Waals surface area (Å²) in [6, 6.07) is 42.1. The van der Waals surface area contributed by atoms with Crippen LogP contribution in [-0.2, 0) is 22.4 Å². The van der Waals surface area contributed by atoms with Gasteiger partial charge in [0.15, 0.2) is 0 Å². The maximum absolute atomic E-state index is 14.8. The van der Waals surface area contributed by atoms with Gasteiger partial charge in [-0.3, -0.25) is 4.79 Å². The molecule has 0 aromatic heterocycles. The zero-order valence-corrected chi connectivity index (χ0v) is 29.3. The Morgan fingerprint density at radius 3 is 1.66 bits per heavy atom. The molecule has 6 heteroatoms. The van der Waals surface area contributed by atoms with E-state index in [2.05, 4.69) is 132 Å². The van der Waals surface area contributed by atoms with Crippen molar-refractivity contribution in [3.8, 4) is 0 Å². The Labute approximate surface area is 282 Å². The highest BCUT2D eigenvalue weighted by Gasteiger charge is 2.48. The van der Waals surface area contributed by atoms with E-state index in [0.717, 1.165) is 25.4 Å². The lowest BCUT2D eigenvalue weighted by Crippen LogP contribution is -2.54. The SMILES string of the molecule is CC(C)[C@H](NC(=O)OC(C)(C)C)C(=O)N1CC(Cc2ccccc2)(Cc2ccccc2)C[C@H]1CP(c1ccccc1)c1ccccc1. The van der Waals surface area contributed by atoms with Crippen LogP contribution in [0.4, 0.5) is 4.79 Å². The van der Waals surface area contributed by atoms with Gasteiger partial charge >= 0.3 is 6.09 Å². The van der Waals surface area contributed by atoms with E-state index in [1.165, 1.54) is 21.7 Å². The van der Waals surface area contributed by atoms with E-state index in [1.54, 1.807) is 0 Å². The van der Waals surface area contributed by atoms with Crippen molar-refractivity contribution in [2.24, 2.45) is 11.3 Å². The Kier molecular flexibility index (Phi) is 11.2. The van der Waals surface area contributed by atoms with Crippen molar-refractivity contribution >= 4 is 30.5 Å². The Hall–Kier alpha value is -3.95. The van der Waals surface area contributed by atoms with E-state index >= 15 is 0 Å². The molecule has 2 atom stereocenters. The molecule has 0 saturated carbocycles. The Bertz CT molecular complexity index is 1490. The normalized spacial score (nSPS) is 16.7. The second kappa shape index (κ2) is 15.3. The lowest BCUT2D eigenvalue weighted by atomic mass is 9.75. The van der Waals surface area contributed by atoms with Gasteiger partial charge in [-0.2, -0.15) is 0 Å². The van der Waals surface area contributed by atoms with Gasteiger partial charge < -0.3 is 15.0 Å². The van der Waals surface area contributed by atoms with Crippen molar-refractivity contribution in [3.05, 3.63) is 132 Å². The molecule has 0 spiro atoms. The summed E-state index contributed by atoms with van der Waals surface area (Å²) in [5, 5.41) is 5.57. The van der Waals surface area contributed by atoms with E-state index in [0.29, 0.717) is 6.54 Å². The van der Waals surface area contributed by atoms with Gasteiger partial charge in [0.1, 0.15) is 11.6 Å². The van der Waals surface area contributed by atoms with Crippen LogP contribution in [-0.4, -0.2) is 47.3 Å². The molecule has 2 amide bonds. The number of nitrogens with zero attached hydrogens (tertiary/aromatic N) is 1. The topological polar surface area (TPSA) is 58.6 Å². The number of hydrogen-bond donors (Lipinski definition) is 1. The number of amides is 2. The summed E-state index contributed by atoms with van der Waals surface area (Å²) < 4.78 is 5.62. The third-order valence-corrected chi connectivity index (χ3v) is 11.5. The van der Waals surface area contributed by atoms with Gasteiger partial charge in [0.05, 0.1) is 0 Å². The van der Waals surface area contributed by atoms with Gasteiger partial charge in [-0.05, 0) is 87.2 Å². The minimum absolute atomic E-state index is 0.0110. The van der Waals surface area contributed by atoms with Crippen LogP contribution in [0.25, 0.3) is 0 Å². The number of ether oxygens (including phenoxy) is 1. The fourth-order valence-corrected chi connectivity index (χ4v) is 9.41. The third-order valence-electron chi connectivity index (χ3n) is 8.88. The van der Waals surface area contributed by atoms with Gasteiger partial charge in [0, 0.05) is 12.6 Å². The van der Waals surface area contributed by atoms with E-state index < -0.39 is 25.7 Å². The molecule has 1 N–H and O–H groups in total. The molecule has 1 aliphatic rings. The zero-order valence-electron chi connectivity index (χ0n) is 28.4. The molecule has 5 rings (SSSR count). The predicted molar refractivity (Wildman–Crippen MR) is 195 cm³/mol. The van der Waals surface area contributed by atoms with Crippen LogP contribution in [0.2, 0.25) is 0 Å². The number of benzene rings is 4. The number of carbonyl (C=O) groups excluding carboxylic acids is 2. The van der Waals surface area contributed by atoms with Crippen molar-refractivity contribution in [1.29, 1.82) is 0 Å². The minimum atomic E-state index is -0.749. The van der Waals surface area contributed by atoms with Crippen LogP contribution >= 0.6 is 7.92 Å². The zero-order chi connectivity index (χ0) is 33.4. The Balaban J connectivity index is 1.56. The molecule has 1 saturated heterocycles. The first-order valence-electron chi connectivity index (χ1n) is 16.8. The Morgan fingerprint density at radius 2 is 1.23 bits per heavy atom. The second-order valence-electron chi connectivity index (χ2n) is 14.3. The first-order valence-corrected chi connectivity index (χ1v) is 18.3. The van der Waals surface area contributed by atoms with Crippen molar-refractivity contribution in [1.82, 2.24) is 10.2 Å². The largest absolute Gasteiger partial charge is 0.444 e. The molecule has 4 aromatic carbocycles. The van der Waals surface area contributed by atoms with Crippen LogP contribution in [0.15, 0.2) is 121 Å². The summed E-state index contributed by atoms with van der Waals surface area (Å²) in [5.41, 5.74) is 1.71. The molecule has 1 fully saturated rings. The molecule has 4 aromatic rings. The van der Waals surface area contributed by atoms with Gasteiger partial charge in [0.25, 0.3) is 0 Å². The van der Waals surface area contributed by atoms with E-state index in [9.17, 15) is 9.59 Å². The highest BCUT2D eigenvalue weighted by molar-refractivity contribution is 7.73. The number of carbonyl (C=O) groups is 2. The standard InChI is InChI=1S/C41H49N2O3P/c1-31(2)37(42-39(45)46-40(3,4)5)38(44)43-30-41(26-32-18-10-6-11-19-32,27-33-20-12-7-13-21-33)28-34(43)29-47(35-22-14-8-15-23-35)36-24-16-9-17-25-36/h6-25,31,34,37H,26-30H2,1-5H3,(H,42,45)/t34-,37-/m0/s1. The fraction of sp³-hybridized carbons (Fsp3) is 0.366. The molecule has 5 nitrogen and oxygen atoms in total. The van der Waals surface area contributed by atoms with Crippen LogP contribution < -0.4 is 15.9 Å². The second-order valence-corrected chi connectivity index (χ2v) is 16.6. The lowest BCUT2D eigenvalue weighted by molar-refractivity contribution is -0.135. The van der Waals surface area contributed by atoms with Crippen LogP contribution in [0.1, 0.15) is 52.2 Å². The molecule has 246 valence electrons. The molecule has 0 aliphatic carbocycles. The maximum atomic E-state index is 14.8. The summed E-state index contributed by atoms with van der Waals surface area (Å²) in [7, 11) is -0.749. The maximum Gasteiger partial charge on any atom is 0.408 e. The summed E-state index contributed by atoms with van der Waals surface area (Å²) in [4.78, 5) is 30.0. The summed E-state index contributed by atoms with van der Waals surface area (Å²) >= 11 is 0. The summed E-state index contributed by atoms with van der Waals surface area (Å²) in [6.45, 7) is 10.1. The number of likely N-dealkylation sites (tertiary alicyclic amines) is 1. The van der Waals surface area contributed by atoms with Crippen molar-refractivity contribution < 1.29 is 14.3 Å². The van der Waals surface area contributed by atoms with E-state index in [1.807, 2.05) is 34.6 Å². The number of hydrogen-bond acceptors (Lipinski definition) is 3. The smallest absolute Gasteiger partial charge is 0.408 e. The number of nitrogens with one attached hydrogen (secondary N) is 1. The van der Waals surface area contributed by atoms with Crippen molar-refractivity contribution in [3.63, 3.8) is 0 Å². The molecule has 0 radical (unpaired) electrons. The van der Waals surface area contributed by atoms with Crippen molar-refractivity contribution in [2.75, 3.05) is 12.7 Å². The molecule has 1 heterocycles. The summed E-state index contributed by atoms with van der Waals surface area (Å²) in [6.07, 6.45) is 2.89. The summed E-state index contributed by atoms with van der Waals surface area (Å²) in [5.74, 6) is -0.145. The van der Waals surface area contributed by atoms with E-state index in [-0.39, 0.29) is 23.3 Å². The van der Waals surface area contributed by atoms with Gasteiger partial charge in [0.2, 0.25) is 5.91 Å². The van der Waals surface area contributed by atoms with Gasteiger partial charge in [-0.25, -0.2) is 4.79 Å². The van der Waals surface area contributed by atoms with Gasteiger partial charge in [-0.1, -0.05) is 135 Å². The predicted octanol–water partition coefficient (Wildman–Crippen LogP) is 7.74. The highest BCUT2D eigenvalue weighted by atomic mass is 31.1. The Morgan fingerprint density at radius 1 is 0.787 bits per heavy atom. The average molecular weight is 649 g/mol. The van der Waals surface area contributed by atoms with Crippen LogP contribution in [0.5, 0.6) is 0 Å². The monoisotopic (exact) mass is 648 g/mol. The lowest BCUT2D eigenvalue weighted by Gasteiger charge is -2.34. The molecule has 0 bridgehead atoms. The number of rotatable bonds is 11. The molecular formula is C41H49N2O3P. The quantitative estimate of drug-likeness (QED) is 0.169. The van der Waals surface area contributed by atoms with E-state index in [4.69, 9.17) is 4.74 Å². The first-order chi connectivity index (χ1) is 22.5. The fourth-order valence-electron chi connectivity index (χ4n) is 6.88. The molecule has 1 aliphatic heterocycles. The number of alkyl carbamates (subject to hydrolysis) is 1. The van der Waals surface area contributed by atoms with Crippen LogP contribution in [0.3, 0.4) is 0 Å². The molecule has 0 unspecified atom stereocenters. The third kappa shape index (κ3) is 9.32. The average Bonchev–Trinajstić information content (AvgIpc) is 3.40. The minimum Gasteiger partial charge on any atom is -0.444 e.